The van der Waals surface area contributed by atoms with E-state index >= 15 is 0 Å². The molecule has 0 saturated heterocycles. The molecule has 0 aliphatic rings. The Balaban J connectivity index is 2.72. The molecule has 0 bridgehead atoms. The summed E-state index contributed by atoms with van der Waals surface area (Å²) >= 11 is 5.24. The number of benzene rings is 1. The van der Waals surface area contributed by atoms with Crippen molar-refractivity contribution in [1.29, 1.82) is 0 Å². The van der Waals surface area contributed by atoms with E-state index in [9.17, 15) is 8.78 Å². The summed E-state index contributed by atoms with van der Waals surface area (Å²) in [6.45, 7) is 5.76. The molecule has 0 atom stereocenters. The maximum atomic E-state index is 13.5. The van der Waals surface area contributed by atoms with E-state index < -0.39 is 11.6 Å². The minimum absolute atomic E-state index is 0.207. The molecule has 0 aromatic heterocycles. The summed E-state index contributed by atoms with van der Waals surface area (Å²) in [5, 5.41) is 3.30. The molecule has 5 heteroatoms. The van der Waals surface area contributed by atoms with Crippen molar-refractivity contribution in [3.8, 4) is 0 Å². The molecule has 1 rings (SSSR count). The van der Waals surface area contributed by atoms with Crippen molar-refractivity contribution in [1.82, 2.24) is 4.90 Å². The van der Waals surface area contributed by atoms with Gasteiger partial charge in [-0.25, -0.2) is 8.78 Å². The first-order valence-corrected chi connectivity index (χ1v) is 6.50. The minimum Gasteiger partial charge on any atom is -0.349 e. The topological polar surface area (TPSA) is 15.3 Å². The average Bonchev–Trinajstić information content (AvgIpc) is 2.32. The summed E-state index contributed by atoms with van der Waals surface area (Å²) < 4.78 is 26.2. The highest BCUT2D eigenvalue weighted by Crippen LogP contribution is 2.15. The molecule has 0 heterocycles. The fourth-order valence-corrected chi connectivity index (χ4v) is 1.93. The second kappa shape index (κ2) is 7.26. The van der Waals surface area contributed by atoms with Gasteiger partial charge in [0.05, 0.1) is 5.69 Å². The van der Waals surface area contributed by atoms with Crippen molar-refractivity contribution in [2.45, 2.75) is 26.7 Å². The van der Waals surface area contributed by atoms with Crippen molar-refractivity contribution >= 4 is 23.0 Å². The standard InChI is InChI=1S/C13H18F2N2S/c1-3-7-17(8-4-2)13(18)16-12-6-5-10(14)9-11(12)15/h5-6,9H,3-4,7-8H2,1-2H3,(H,16,18). The van der Waals surface area contributed by atoms with Gasteiger partial charge in [-0.2, -0.15) is 0 Å². The quantitative estimate of drug-likeness (QED) is 0.821. The Kier molecular flexibility index (Phi) is 5.98. The molecule has 18 heavy (non-hydrogen) atoms. The molecule has 0 fully saturated rings. The summed E-state index contributed by atoms with van der Waals surface area (Å²) in [4.78, 5) is 1.98. The van der Waals surface area contributed by atoms with E-state index in [0.29, 0.717) is 5.11 Å². The van der Waals surface area contributed by atoms with Gasteiger partial charge in [0.15, 0.2) is 5.11 Å². The van der Waals surface area contributed by atoms with Gasteiger partial charge in [0.2, 0.25) is 0 Å². The molecule has 0 aliphatic carbocycles. The largest absolute Gasteiger partial charge is 0.349 e. The lowest BCUT2D eigenvalue weighted by molar-refractivity contribution is 0.422. The summed E-state index contributed by atoms with van der Waals surface area (Å²) in [5.41, 5.74) is 0.207. The van der Waals surface area contributed by atoms with Gasteiger partial charge in [0.25, 0.3) is 0 Å². The molecular weight excluding hydrogens is 254 g/mol. The van der Waals surface area contributed by atoms with Crippen molar-refractivity contribution in [3.63, 3.8) is 0 Å². The fourth-order valence-electron chi connectivity index (χ4n) is 1.64. The predicted molar refractivity (Wildman–Crippen MR) is 74.7 cm³/mol. The molecule has 1 N–H and O–H groups in total. The number of nitrogens with one attached hydrogen (secondary N) is 1. The highest BCUT2D eigenvalue weighted by Gasteiger charge is 2.10. The molecule has 0 radical (unpaired) electrons. The first-order valence-electron chi connectivity index (χ1n) is 6.09. The smallest absolute Gasteiger partial charge is 0.173 e. The number of rotatable bonds is 5. The first kappa shape index (κ1) is 14.8. The van der Waals surface area contributed by atoms with E-state index in [1.165, 1.54) is 12.1 Å². The maximum absolute atomic E-state index is 13.5. The van der Waals surface area contributed by atoms with Crippen LogP contribution in [0, 0.1) is 11.6 Å². The van der Waals surface area contributed by atoms with E-state index in [2.05, 4.69) is 19.2 Å². The van der Waals surface area contributed by atoms with Crippen LogP contribution in [0.5, 0.6) is 0 Å². The fraction of sp³-hybridized carbons (Fsp3) is 0.462. The highest BCUT2D eigenvalue weighted by molar-refractivity contribution is 7.80. The average molecular weight is 272 g/mol. The molecule has 100 valence electrons. The van der Waals surface area contributed by atoms with Crippen LogP contribution >= 0.6 is 12.2 Å². The van der Waals surface area contributed by atoms with Crippen LogP contribution in [0.3, 0.4) is 0 Å². The van der Waals surface area contributed by atoms with Gasteiger partial charge in [-0.05, 0) is 37.2 Å². The third-order valence-corrected chi connectivity index (χ3v) is 2.81. The van der Waals surface area contributed by atoms with Crippen LogP contribution in [0.15, 0.2) is 18.2 Å². The maximum Gasteiger partial charge on any atom is 0.173 e. The van der Waals surface area contributed by atoms with Crippen molar-refractivity contribution in [3.05, 3.63) is 29.8 Å². The summed E-state index contributed by atoms with van der Waals surface area (Å²) in [6, 6.07) is 3.40. The molecule has 0 saturated carbocycles. The molecular formula is C13H18F2N2S. The van der Waals surface area contributed by atoms with Crippen molar-refractivity contribution in [2.75, 3.05) is 18.4 Å². The van der Waals surface area contributed by atoms with Crippen LogP contribution in [0.1, 0.15) is 26.7 Å². The molecule has 0 amide bonds. The van der Waals surface area contributed by atoms with Gasteiger partial charge in [-0.3, -0.25) is 0 Å². The highest BCUT2D eigenvalue weighted by atomic mass is 32.1. The second-order valence-electron chi connectivity index (χ2n) is 4.04. The van der Waals surface area contributed by atoms with Gasteiger partial charge >= 0.3 is 0 Å². The zero-order valence-electron chi connectivity index (χ0n) is 10.7. The van der Waals surface area contributed by atoms with Crippen molar-refractivity contribution in [2.24, 2.45) is 0 Å². The Bertz CT molecular complexity index is 404. The van der Waals surface area contributed by atoms with Crippen LogP contribution in [0.25, 0.3) is 0 Å². The normalized spacial score (nSPS) is 10.2. The first-order chi connectivity index (χ1) is 8.58. The summed E-state index contributed by atoms with van der Waals surface area (Å²) in [5.74, 6) is -1.23. The van der Waals surface area contributed by atoms with Gasteiger partial charge in [-0.15, -0.1) is 0 Å². The van der Waals surface area contributed by atoms with Crippen LogP contribution in [0.2, 0.25) is 0 Å². The number of hydrogen-bond acceptors (Lipinski definition) is 1. The Morgan fingerprint density at radius 3 is 2.33 bits per heavy atom. The van der Waals surface area contributed by atoms with E-state index in [0.717, 1.165) is 32.0 Å². The number of thiocarbonyl (C=S) groups is 1. The van der Waals surface area contributed by atoms with E-state index in [4.69, 9.17) is 12.2 Å². The zero-order valence-corrected chi connectivity index (χ0v) is 11.5. The number of nitrogens with zero attached hydrogens (tertiary/aromatic N) is 1. The third-order valence-electron chi connectivity index (χ3n) is 2.45. The Hall–Kier alpha value is -1.23. The van der Waals surface area contributed by atoms with Crippen LogP contribution in [-0.2, 0) is 0 Å². The number of hydrogen-bond donors (Lipinski definition) is 1. The lowest BCUT2D eigenvalue weighted by Gasteiger charge is -2.25. The summed E-state index contributed by atoms with van der Waals surface area (Å²) in [6.07, 6.45) is 1.93. The molecule has 0 spiro atoms. The summed E-state index contributed by atoms with van der Waals surface area (Å²) in [7, 11) is 0. The lowest BCUT2D eigenvalue weighted by Crippen LogP contribution is -2.36. The van der Waals surface area contributed by atoms with Gasteiger partial charge in [0.1, 0.15) is 11.6 Å². The van der Waals surface area contributed by atoms with Gasteiger partial charge in [0, 0.05) is 19.2 Å². The number of halogens is 2. The van der Waals surface area contributed by atoms with Crippen LogP contribution < -0.4 is 5.32 Å². The van der Waals surface area contributed by atoms with Gasteiger partial charge < -0.3 is 10.2 Å². The molecule has 0 aliphatic heterocycles. The van der Waals surface area contributed by atoms with E-state index in [1.807, 2.05) is 4.90 Å². The Morgan fingerprint density at radius 1 is 1.22 bits per heavy atom. The molecule has 1 aromatic rings. The third kappa shape index (κ3) is 4.22. The SMILES string of the molecule is CCCN(CCC)C(=S)Nc1ccc(F)cc1F. The minimum atomic E-state index is -0.634. The Morgan fingerprint density at radius 2 is 1.83 bits per heavy atom. The van der Waals surface area contributed by atoms with Crippen LogP contribution in [-0.4, -0.2) is 23.1 Å². The van der Waals surface area contributed by atoms with Gasteiger partial charge in [-0.1, -0.05) is 13.8 Å². The zero-order chi connectivity index (χ0) is 13.5. The van der Waals surface area contributed by atoms with E-state index in [1.54, 1.807) is 0 Å². The predicted octanol–water partition coefficient (Wildman–Crippen LogP) is 3.78. The number of anilines is 1. The molecule has 0 unspecified atom stereocenters. The molecule has 1 aromatic carbocycles. The van der Waals surface area contributed by atoms with E-state index in [-0.39, 0.29) is 5.69 Å². The monoisotopic (exact) mass is 272 g/mol. The van der Waals surface area contributed by atoms with Crippen molar-refractivity contribution < 1.29 is 8.78 Å². The second-order valence-corrected chi connectivity index (χ2v) is 4.43. The Labute approximate surface area is 112 Å². The molecule has 2 nitrogen and oxygen atoms in total. The lowest BCUT2D eigenvalue weighted by atomic mass is 10.3. The van der Waals surface area contributed by atoms with Crippen LogP contribution in [0.4, 0.5) is 14.5 Å².